The molecular weight excluding hydrogens is 214 g/mol. The summed E-state index contributed by atoms with van der Waals surface area (Å²) in [6.07, 6.45) is 10.5. The molecule has 1 aliphatic carbocycles. The summed E-state index contributed by atoms with van der Waals surface area (Å²) in [7, 11) is 1.74. The molecule has 0 aliphatic heterocycles. The fraction of sp³-hybridized carbons (Fsp3) is 0.769. The van der Waals surface area contributed by atoms with Crippen molar-refractivity contribution in [3.63, 3.8) is 0 Å². The van der Waals surface area contributed by atoms with Crippen LogP contribution in [0.1, 0.15) is 32.1 Å². The molecule has 17 heavy (non-hydrogen) atoms. The zero-order valence-corrected chi connectivity index (χ0v) is 10.7. The van der Waals surface area contributed by atoms with Gasteiger partial charge in [-0.25, -0.2) is 4.98 Å². The molecule has 1 heterocycles. The second-order valence-electron chi connectivity index (χ2n) is 4.80. The first-order valence-corrected chi connectivity index (χ1v) is 6.64. The molecule has 1 N–H and O–H groups in total. The largest absolute Gasteiger partial charge is 0.385 e. The Kier molecular flexibility index (Phi) is 4.86. The summed E-state index contributed by atoms with van der Waals surface area (Å²) in [5.74, 6) is 1.96. The summed E-state index contributed by atoms with van der Waals surface area (Å²) in [6.45, 7) is 2.82. The second-order valence-corrected chi connectivity index (χ2v) is 4.80. The molecule has 0 amide bonds. The number of ether oxygens (including phenoxy) is 1. The number of methoxy groups -OCH3 is 1. The van der Waals surface area contributed by atoms with Crippen molar-refractivity contribution in [3.05, 3.63) is 12.4 Å². The van der Waals surface area contributed by atoms with Gasteiger partial charge in [-0.1, -0.05) is 19.3 Å². The summed E-state index contributed by atoms with van der Waals surface area (Å²) in [5.41, 5.74) is 0. The monoisotopic (exact) mass is 237 g/mol. The lowest BCUT2D eigenvalue weighted by Crippen LogP contribution is -2.17. The third kappa shape index (κ3) is 3.73. The summed E-state index contributed by atoms with van der Waals surface area (Å²) >= 11 is 0. The van der Waals surface area contributed by atoms with Gasteiger partial charge in [-0.15, -0.1) is 0 Å². The number of hydrogen-bond donors (Lipinski definition) is 1. The van der Waals surface area contributed by atoms with E-state index in [1.807, 2.05) is 12.4 Å². The second kappa shape index (κ2) is 6.64. The molecule has 1 aromatic heterocycles. The highest BCUT2D eigenvalue weighted by Gasteiger charge is 2.16. The van der Waals surface area contributed by atoms with Gasteiger partial charge in [-0.2, -0.15) is 0 Å². The normalized spacial score (nSPS) is 15.8. The van der Waals surface area contributed by atoms with Gasteiger partial charge in [0.15, 0.2) is 0 Å². The molecule has 0 spiro atoms. The number of aromatic nitrogens is 2. The number of nitrogens with zero attached hydrogens (tertiary/aromatic N) is 2. The molecule has 2 rings (SSSR count). The van der Waals surface area contributed by atoms with Crippen LogP contribution in [0.15, 0.2) is 12.4 Å². The Labute approximate surface area is 103 Å². The maximum absolute atomic E-state index is 5.06. The van der Waals surface area contributed by atoms with E-state index in [4.69, 9.17) is 4.74 Å². The van der Waals surface area contributed by atoms with Crippen LogP contribution >= 0.6 is 0 Å². The Hall–Kier alpha value is -1.03. The van der Waals surface area contributed by atoms with Crippen LogP contribution < -0.4 is 5.32 Å². The Balaban J connectivity index is 1.69. The van der Waals surface area contributed by atoms with E-state index in [2.05, 4.69) is 14.9 Å². The highest BCUT2D eigenvalue weighted by atomic mass is 16.5. The Morgan fingerprint density at radius 1 is 1.53 bits per heavy atom. The predicted molar refractivity (Wildman–Crippen MR) is 69.2 cm³/mol. The van der Waals surface area contributed by atoms with E-state index in [1.165, 1.54) is 25.7 Å². The summed E-state index contributed by atoms with van der Waals surface area (Å²) in [6, 6.07) is 0. The van der Waals surface area contributed by atoms with E-state index < -0.39 is 0 Å². The maximum Gasteiger partial charge on any atom is 0.202 e. The fourth-order valence-corrected chi connectivity index (χ4v) is 2.21. The molecule has 0 radical (unpaired) electrons. The quantitative estimate of drug-likeness (QED) is 0.706. The van der Waals surface area contributed by atoms with E-state index >= 15 is 0 Å². The van der Waals surface area contributed by atoms with Gasteiger partial charge in [-0.3, -0.25) is 0 Å². The van der Waals surface area contributed by atoms with Crippen molar-refractivity contribution in [2.45, 2.75) is 38.6 Å². The minimum Gasteiger partial charge on any atom is -0.385 e. The van der Waals surface area contributed by atoms with Crippen LogP contribution in [0, 0.1) is 5.92 Å². The molecule has 0 unspecified atom stereocenters. The van der Waals surface area contributed by atoms with Gasteiger partial charge >= 0.3 is 0 Å². The molecule has 0 saturated heterocycles. The van der Waals surface area contributed by atoms with Crippen molar-refractivity contribution in [1.29, 1.82) is 0 Å². The molecule has 0 atom stereocenters. The minimum atomic E-state index is 0.805. The molecule has 1 fully saturated rings. The lowest BCUT2D eigenvalue weighted by molar-refractivity contribution is 0.190. The SMILES string of the molecule is COCCCn1ccnc1NCCC1CCC1. The Bertz CT molecular complexity index is 320. The summed E-state index contributed by atoms with van der Waals surface area (Å²) in [5, 5.41) is 3.43. The topological polar surface area (TPSA) is 39.1 Å². The number of imidazole rings is 1. The van der Waals surface area contributed by atoms with E-state index in [-0.39, 0.29) is 0 Å². The fourth-order valence-electron chi connectivity index (χ4n) is 2.21. The molecule has 96 valence electrons. The first kappa shape index (κ1) is 12.4. The van der Waals surface area contributed by atoms with Gasteiger partial charge in [0.2, 0.25) is 5.95 Å². The van der Waals surface area contributed by atoms with Crippen LogP contribution in [0.2, 0.25) is 0 Å². The zero-order valence-electron chi connectivity index (χ0n) is 10.7. The average molecular weight is 237 g/mol. The Morgan fingerprint density at radius 3 is 3.12 bits per heavy atom. The molecule has 4 nitrogen and oxygen atoms in total. The predicted octanol–water partition coefficient (Wildman–Crippen LogP) is 2.52. The van der Waals surface area contributed by atoms with Crippen molar-refractivity contribution in [2.75, 3.05) is 25.6 Å². The standard InChI is InChI=1S/C13H23N3O/c1-17-11-3-9-16-10-8-15-13(16)14-7-6-12-4-2-5-12/h8,10,12H,2-7,9,11H2,1H3,(H,14,15). The molecule has 1 aromatic rings. The number of nitrogens with one attached hydrogen (secondary N) is 1. The van der Waals surface area contributed by atoms with Crippen molar-refractivity contribution in [1.82, 2.24) is 9.55 Å². The van der Waals surface area contributed by atoms with Crippen LogP contribution in [0.3, 0.4) is 0 Å². The third-order valence-corrected chi connectivity index (χ3v) is 3.52. The smallest absolute Gasteiger partial charge is 0.202 e. The average Bonchev–Trinajstić information content (AvgIpc) is 2.70. The number of hydrogen-bond acceptors (Lipinski definition) is 3. The van der Waals surface area contributed by atoms with Crippen molar-refractivity contribution < 1.29 is 4.74 Å². The van der Waals surface area contributed by atoms with Gasteiger partial charge in [-0.05, 0) is 18.8 Å². The van der Waals surface area contributed by atoms with Crippen LogP contribution in [0.4, 0.5) is 5.95 Å². The maximum atomic E-state index is 5.06. The molecule has 0 aromatic carbocycles. The van der Waals surface area contributed by atoms with Crippen LogP contribution in [0.25, 0.3) is 0 Å². The van der Waals surface area contributed by atoms with E-state index in [1.54, 1.807) is 7.11 Å². The number of rotatable bonds is 8. The van der Waals surface area contributed by atoms with Gasteiger partial charge in [0.1, 0.15) is 0 Å². The number of anilines is 1. The first-order chi connectivity index (χ1) is 8.40. The van der Waals surface area contributed by atoms with Crippen molar-refractivity contribution in [3.8, 4) is 0 Å². The van der Waals surface area contributed by atoms with Gasteiger partial charge < -0.3 is 14.6 Å². The highest BCUT2D eigenvalue weighted by molar-refractivity contribution is 5.25. The minimum absolute atomic E-state index is 0.805. The molecular formula is C13H23N3O. The summed E-state index contributed by atoms with van der Waals surface area (Å²) < 4.78 is 7.23. The van der Waals surface area contributed by atoms with Gasteiger partial charge in [0.25, 0.3) is 0 Å². The molecule has 0 bridgehead atoms. The zero-order chi connectivity index (χ0) is 11.9. The van der Waals surface area contributed by atoms with Crippen LogP contribution in [-0.4, -0.2) is 29.8 Å². The van der Waals surface area contributed by atoms with E-state index in [0.29, 0.717) is 0 Å². The molecule has 1 saturated carbocycles. The number of aryl methyl sites for hydroxylation is 1. The van der Waals surface area contributed by atoms with Gasteiger partial charge in [0.05, 0.1) is 0 Å². The summed E-state index contributed by atoms with van der Waals surface area (Å²) in [4.78, 5) is 4.35. The lowest BCUT2D eigenvalue weighted by atomic mass is 9.83. The third-order valence-electron chi connectivity index (χ3n) is 3.52. The molecule has 1 aliphatic rings. The van der Waals surface area contributed by atoms with E-state index in [9.17, 15) is 0 Å². The lowest BCUT2D eigenvalue weighted by Gasteiger charge is -2.25. The Morgan fingerprint density at radius 2 is 2.41 bits per heavy atom. The van der Waals surface area contributed by atoms with Gasteiger partial charge in [0, 0.05) is 39.2 Å². The van der Waals surface area contributed by atoms with Crippen LogP contribution in [-0.2, 0) is 11.3 Å². The highest BCUT2D eigenvalue weighted by Crippen LogP contribution is 2.29. The first-order valence-electron chi connectivity index (χ1n) is 6.64. The van der Waals surface area contributed by atoms with Crippen molar-refractivity contribution in [2.24, 2.45) is 5.92 Å². The van der Waals surface area contributed by atoms with Crippen LogP contribution in [0.5, 0.6) is 0 Å². The van der Waals surface area contributed by atoms with E-state index in [0.717, 1.165) is 38.0 Å². The van der Waals surface area contributed by atoms with Crippen molar-refractivity contribution >= 4 is 5.95 Å². The molecule has 4 heteroatoms.